The number of carbonyl (C=O) groups excluding carboxylic acids is 1. The van der Waals surface area contributed by atoms with Crippen LogP contribution < -0.4 is 14.4 Å². The molecule has 0 spiro atoms. The number of aryl methyl sites for hydroxylation is 1. The molecule has 2 atom stereocenters. The van der Waals surface area contributed by atoms with Crippen molar-refractivity contribution in [1.29, 1.82) is 0 Å². The fourth-order valence-electron chi connectivity index (χ4n) is 5.68. The van der Waals surface area contributed by atoms with Crippen LogP contribution in [0, 0.1) is 0 Å². The highest BCUT2D eigenvalue weighted by Crippen LogP contribution is 2.47. The van der Waals surface area contributed by atoms with E-state index in [2.05, 4.69) is 4.90 Å². The van der Waals surface area contributed by atoms with Crippen LogP contribution in [0.4, 0.5) is 36.8 Å². The lowest BCUT2D eigenvalue weighted by Crippen LogP contribution is -2.45. The number of amides is 1. The van der Waals surface area contributed by atoms with Crippen LogP contribution in [0.3, 0.4) is 0 Å². The van der Waals surface area contributed by atoms with Crippen molar-refractivity contribution in [1.82, 2.24) is 4.90 Å². The molecule has 1 heterocycles. The fourth-order valence-corrected chi connectivity index (χ4v) is 5.68. The second kappa shape index (κ2) is 13.3. The van der Waals surface area contributed by atoms with Gasteiger partial charge in [-0.2, -0.15) is 26.3 Å². The van der Waals surface area contributed by atoms with Gasteiger partial charge in [0.05, 0.1) is 38.5 Å². The van der Waals surface area contributed by atoms with E-state index < -0.39 is 42.2 Å². The molecule has 44 heavy (non-hydrogen) atoms. The molecule has 0 aromatic heterocycles. The van der Waals surface area contributed by atoms with E-state index in [0.29, 0.717) is 47.8 Å². The molecule has 238 valence electrons. The van der Waals surface area contributed by atoms with Crippen molar-refractivity contribution >= 4 is 11.8 Å². The van der Waals surface area contributed by atoms with Gasteiger partial charge in [0.1, 0.15) is 0 Å². The molecule has 6 nitrogen and oxygen atoms in total. The Morgan fingerprint density at radius 3 is 2.00 bits per heavy atom. The first-order valence-corrected chi connectivity index (χ1v) is 14.0. The Kier molecular flexibility index (Phi) is 9.90. The predicted molar refractivity (Wildman–Crippen MR) is 153 cm³/mol. The van der Waals surface area contributed by atoms with Gasteiger partial charge >= 0.3 is 18.4 Å². The second-order valence-electron chi connectivity index (χ2n) is 10.7. The SMILES string of the molecule is COC(=O)N(Cc1cc(C(F)(F)F)cc(C(F)(F)F)c1)C1CC(C)N(CCCc2ccccc2)c2cc(OC)c(OC)cc21. The zero-order chi connectivity index (χ0) is 32.2. The van der Waals surface area contributed by atoms with Crippen LogP contribution in [-0.4, -0.2) is 44.9 Å². The van der Waals surface area contributed by atoms with Crippen molar-refractivity contribution < 1.29 is 45.3 Å². The molecular formula is C32H34F6N2O4. The Balaban J connectivity index is 1.76. The molecule has 3 aromatic carbocycles. The summed E-state index contributed by atoms with van der Waals surface area (Å²) in [6, 6.07) is 13.8. The van der Waals surface area contributed by atoms with Gasteiger partial charge in [-0.15, -0.1) is 0 Å². The molecule has 0 N–H and O–H groups in total. The number of methoxy groups -OCH3 is 3. The molecule has 0 aliphatic carbocycles. The molecule has 0 fully saturated rings. The number of hydrogen-bond acceptors (Lipinski definition) is 5. The fraction of sp³-hybridized carbons (Fsp3) is 0.406. The Hall–Kier alpha value is -4.09. The number of nitrogens with zero attached hydrogens (tertiary/aromatic N) is 2. The van der Waals surface area contributed by atoms with Gasteiger partial charge in [-0.1, -0.05) is 30.3 Å². The third-order valence-corrected chi connectivity index (χ3v) is 7.79. The molecule has 1 aliphatic heterocycles. The minimum absolute atomic E-state index is 0.0639. The number of alkyl halides is 6. The van der Waals surface area contributed by atoms with Crippen LogP contribution in [0.5, 0.6) is 11.5 Å². The summed E-state index contributed by atoms with van der Waals surface area (Å²) in [5, 5.41) is 0. The van der Waals surface area contributed by atoms with Crippen molar-refractivity contribution in [2.24, 2.45) is 0 Å². The molecule has 4 rings (SSSR count). The number of rotatable bonds is 9. The van der Waals surface area contributed by atoms with E-state index in [1.54, 1.807) is 12.1 Å². The summed E-state index contributed by atoms with van der Waals surface area (Å²) in [5.74, 6) is 0.794. The summed E-state index contributed by atoms with van der Waals surface area (Å²) in [7, 11) is 4.04. The summed E-state index contributed by atoms with van der Waals surface area (Å²) in [5.41, 5.74) is -0.750. The first-order chi connectivity index (χ1) is 20.8. The van der Waals surface area contributed by atoms with Crippen molar-refractivity contribution in [3.63, 3.8) is 0 Å². The van der Waals surface area contributed by atoms with E-state index >= 15 is 0 Å². The predicted octanol–water partition coefficient (Wildman–Crippen LogP) is 8.28. The average molecular weight is 625 g/mol. The summed E-state index contributed by atoms with van der Waals surface area (Å²) in [6.45, 7) is 2.04. The second-order valence-corrected chi connectivity index (χ2v) is 10.7. The molecule has 1 amide bonds. The molecule has 1 aliphatic rings. The number of anilines is 1. The molecular weight excluding hydrogens is 590 g/mol. The van der Waals surface area contributed by atoms with Gasteiger partial charge in [0.15, 0.2) is 11.5 Å². The maximum Gasteiger partial charge on any atom is 0.416 e. The lowest BCUT2D eigenvalue weighted by Gasteiger charge is -2.44. The Morgan fingerprint density at radius 2 is 1.45 bits per heavy atom. The Bertz CT molecular complexity index is 1410. The molecule has 2 unspecified atom stereocenters. The smallest absolute Gasteiger partial charge is 0.416 e. The quantitative estimate of drug-likeness (QED) is 0.224. The number of halogens is 6. The van der Waals surface area contributed by atoms with Crippen LogP contribution in [-0.2, 0) is 30.1 Å². The number of ether oxygens (including phenoxy) is 3. The minimum atomic E-state index is -5.03. The topological polar surface area (TPSA) is 51.2 Å². The standard InChI is InChI=1S/C32H34F6N2O4/c1-20-13-26(40(30(41)44-4)19-22-14-23(31(33,34)35)16-24(15-22)32(36,37)38)25-17-28(42-2)29(43-3)18-27(25)39(20)12-8-11-21-9-6-5-7-10-21/h5-7,9-10,14-18,20,26H,8,11-13,19H2,1-4H3. The van der Waals surface area contributed by atoms with Gasteiger partial charge < -0.3 is 19.1 Å². The van der Waals surface area contributed by atoms with E-state index in [1.807, 2.05) is 37.3 Å². The monoisotopic (exact) mass is 624 g/mol. The molecule has 0 radical (unpaired) electrons. The summed E-state index contributed by atoms with van der Waals surface area (Å²) in [6.07, 6.45) is -9.00. The van der Waals surface area contributed by atoms with E-state index in [4.69, 9.17) is 14.2 Å². The van der Waals surface area contributed by atoms with E-state index in [1.165, 1.54) is 19.8 Å². The van der Waals surface area contributed by atoms with Crippen LogP contribution in [0.1, 0.15) is 53.6 Å². The molecule has 12 heteroatoms. The molecule has 0 bridgehead atoms. The number of hydrogen-bond donors (Lipinski definition) is 0. The number of benzene rings is 3. The van der Waals surface area contributed by atoms with Crippen molar-refractivity contribution in [2.45, 2.75) is 57.2 Å². The lowest BCUT2D eigenvalue weighted by molar-refractivity contribution is -0.143. The minimum Gasteiger partial charge on any atom is -0.493 e. The van der Waals surface area contributed by atoms with Crippen LogP contribution in [0.25, 0.3) is 0 Å². The molecule has 0 saturated heterocycles. The van der Waals surface area contributed by atoms with Gasteiger partial charge in [0.2, 0.25) is 0 Å². The van der Waals surface area contributed by atoms with Gasteiger partial charge in [-0.3, -0.25) is 4.90 Å². The summed E-state index contributed by atoms with van der Waals surface area (Å²) in [4.78, 5) is 16.5. The average Bonchev–Trinajstić information content (AvgIpc) is 2.99. The van der Waals surface area contributed by atoms with Crippen molar-refractivity contribution in [3.8, 4) is 11.5 Å². The Morgan fingerprint density at radius 1 is 0.864 bits per heavy atom. The maximum absolute atomic E-state index is 13.6. The third-order valence-electron chi connectivity index (χ3n) is 7.79. The van der Waals surface area contributed by atoms with E-state index in [9.17, 15) is 31.1 Å². The Labute approximate surface area is 252 Å². The first kappa shape index (κ1) is 32.8. The van der Waals surface area contributed by atoms with Crippen molar-refractivity contribution in [2.75, 3.05) is 32.8 Å². The van der Waals surface area contributed by atoms with Gasteiger partial charge in [0.25, 0.3) is 0 Å². The first-order valence-electron chi connectivity index (χ1n) is 14.0. The zero-order valence-corrected chi connectivity index (χ0v) is 24.8. The number of fused-ring (bicyclic) bond motifs is 1. The largest absolute Gasteiger partial charge is 0.493 e. The lowest BCUT2D eigenvalue weighted by atomic mass is 9.89. The van der Waals surface area contributed by atoms with Crippen LogP contribution in [0.15, 0.2) is 60.7 Å². The third kappa shape index (κ3) is 7.34. The van der Waals surface area contributed by atoms with Gasteiger partial charge in [0, 0.05) is 36.4 Å². The van der Waals surface area contributed by atoms with Crippen LogP contribution >= 0.6 is 0 Å². The zero-order valence-electron chi connectivity index (χ0n) is 24.8. The van der Waals surface area contributed by atoms with E-state index in [0.717, 1.165) is 24.9 Å². The number of carbonyl (C=O) groups is 1. The molecule has 3 aromatic rings. The molecule has 0 saturated carbocycles. The van der Waals surface area contributed by atoms with Gasteiger partial charge in [-0.25, -0.2) is 4.79 Å². The normalized spacial score (nSPS) is 16.7. The highest BCUT2D eigenvalue weighted by molar-refractivity contribution is 5.71. The summed E-state index contributed by atoms with van der Waals surface area (Å²) < 4.78 is 97.7. The highest BCUT2D eigenvalue weighted by atomic mass is 19.4. The maximum atomic E-state index is 13.6. The van der Waals surface area contributed by atoms with Gasteiger partial charge in [-0.05, 0) is 61.6 Å². The van der Waals surface area contributed by atoms with Crippen molar-refractivity contribution in [3.05, 3.63) is 88.5 Å². The highest BCUT2D eigenvalue weighted by Gasteiger charge is 2.40. The van der Waals surface area contributed by atoms with E-state index in [-0.39, 0.29) is 17.7 Å². The summed E-state index contributed by atoms with van der Waals surface area (Å²) >= 11 is 0. The van der Waals surface area contributed by atoms with Crippen LogP contribution in [0.2, 0.25) is 0 Å².